The number of aliphatic carboxylic acids is 1. The molecule has 0 aliphatic heterocycles. The molecule has 4 N–H and O–H groups in total. The molecule has 1 aromatic carbocycles. The van der Waals surface area contributed by atoms with Crippen LogP contribution in [0.25, 0.3) is 10.1 Å². The molecule has 0 unspecified atom stereocenters. The van der Waals surface area contributed by atoms with Gasteiger partial charge in [0, 0.05) is 32.9 Å². The summed E-state index contributed by atoms with van der Waals surface area (Å²) in [6.07, 6.45) is -3.23. The van der Waals surface area contributed by atoms with Crippen LogP contribution in [-0.4, -0.2) is 44.2 Å². The Bertz CT molecular complexity index is 1020. The highest BCUT2D eigenvalue weighted by molar-refractivity contribution is 7.19. The Balaban J connectivity index is 1.70. The maximum Gasteiger partial charge on any atom is 0.340 e. The largest absolute Gasteiger partial charge is 0.489 e. The molecule has 0 saturated carbocycles. The molecular weight excluding hydrogens is 412 g/mol. The highest BCUT2D eigenvalue weighted by Crippen LogP contribution is 2.38. The van der Waals surface area contributed by atoms with Gasteiger partial charge >= 0.3 is 5.97 Å². The van der Waals surface area contributed by atoms with E-state index in [2.05, 4.69) is 0 Å². The average Bonchev–Trinajstić information content (AvgIpc) is 3.34. The van der Waals surface area contributed by atoms with E-state index in [4.69, 9.17) is 4.74 Å². The minimum absolute atomic E-state index is 0.0699. The van der Waals surface area contributed by atoms with Gasteiger partial charge in [-0.15, -0.1) is 22.7 Å². The zero-order valence-electron chi connectivity index (χ0n) is 15.3. The van der Waals surface area contributed by atoms with E-state index in [0.717, 1.165) is 19.8 Å². The van der Waals surface area contributed by atoms with Crippen molar-refractivity contribution in [2.45, 2.75) is 37.3 Å². The maximum atomic E-state index is 11.9. The Morgan fingerprint density at radius 3 is 2.66 bits per heavy atom. The Kier molecular flexibility index (Phi) is 5.46. The van der Waals surface area contributed by atoms with E-state index < -0.39 is 30.2 Å². The predicted octanol–water partition coefficient (Wildman–Crippen LogP) is 2.92. The normalized spacial score (nSPS) is 24.8. The minimum Gasteiger partial charge on any atom is -0.489 e. The summed E-state index contributed by atoms with van der Waals surface area (Å²) < 4.78 is 6.94. The van der Waals surface area contributed by atoms with E-state index in [0.29, 0.717) is 0 Å². The van der Waals surface area contributed by atoms with E-state index in [1.54, 1.807) is 0 Å². The molecular formula is C21H20O6S2. The van der Waals surface area contributed by atoms with Gasteiger partial charge in [-0.2, -0.15) is 0 Å². The van der Waals surface area contributed by atoms with Gasteiger partial charge in [0.25, 0.3) is 0 Å². The quantitative estimate of drug-likeness (QED) is 0.477. The van der Waals surface area contributed by atoms with Gasteiger partial charge in [0.15, 0.2) is 5.60 Å². The zero-order chi connectivity index (χ0) is 20.6. The number of hydrogen-bond acceptors (Lipinski definition) is 7. The van der Waals surface area contributed by atoms with Crippen molar-refractivity contribution in [1.29, 1.82) is 0 Å². The van der Waals surface area contributed by atoms with Gasteiger partial charge in [-0.25, -0.2) is 4.79 Å². The third kappa shape index (κ3) is 3.82. The number of ether oxygens (including phenoxy) is 1. The molecule has 0 fully saturated rings. The van der Waals surface area contributed by atoms with Crippen LogP contribution in [-0.2, 0) is 22.6 Å². The molecule has 1 aliphatic carbocycles. The van der Waals surface area contributed by atoms with Gasteiger partial charge in [0.1, 0.15) is 18.5 Å². The van der Waals surface area contributed by atoms with Crippen LogP contribution >= 0.6 is 22.7 Å². The average molecular weight is 433 g/mol. The number of rotatable bonds is 6. The van der Waals surface area contributed by atoms with Gasteiger partial charge in [0.05, 0.1) is 6.10 Å². The van der Waals surface area contributed by atoms with E-state index in [9.17, 15) is 25.2 Å². The molecule has 6 nitrogen and oxygen atoms in total. The summed E-state index contributed by atoms with van der Waals surface area (Å²) in [7, 11) is 0. The summed E-state index contributed by atoms with van der Waals surface area (Å²) >= 11 is 2.95. The Morgan fingerprint density at radius 1 is 1.17 bits per heavy atom. The van der Waals surface area contributed by atoms with Crippen molar-refractivity contribution in [3.63, 3.8) is 0 Å². The van der Waals surface area contributed by atoms with Gasteiger partial charge in [-0.3, -0.25) is 0 Å². The van der Waals surface area contributed by atoms with Crippen molar-refractivity contribution in [2.75, 3.05) is 0 Å². The number of fused-ring (bicyclic) bond motifs is 1. The molecule has 0 amide bonds. The van der Waals surface area contributed by atoms with E-state index >= 15 is 0 Å². The van der Waals surface area contributed by atoms with Gasteiger partial charge in [-0.1, -0.05) is 24.3 Å². The van der Waals surface area contributed by atoms with Crippen LogP contribution in [0.15, 0.2) is 59.2 Å². The van der Waals surface area contributed by atoms with Crippen LogP contribution in [0.2, 0.25) is 0 Å². The predicted molar refractivity (Wildman–Crippen MR) is 111 cm³/mol. The smallest absolute Gasteiger partial charge is 0.340 e. The minimum atomic E-state index is -2.31. The van der Waals surface area contributed by atoms with Gasteiger partial charge in [0.2, 0.25) is 0 Å². The number of hydrogen-bond donors (Lipinski definition) is 4. The van der Waals surface area contributed by atoms with E-state index in [1.165, 1.54) is 22.7 Å². The first-order valence-corrected chi connectivity index (χ1v) is 10.8. The van der Waals surface area contributed by atoms with Crippen molar-refractivity contribution in [3.8, 4) is 0 Å². The van der Waals surface area contributed by atoms with Gasteiger partial charge in [-0.05, 0) is 29.0 Å². The van der Waals surface area contributed by atoms with Crippen molar-refractivity contribution >= 4 is 38.7 Å². The van der Waals surface area contributed by atoms with E-state index in [-0.39, 0.29) is 24.4 Å². The number of carboxylic acid groups (broad SMARTS) is 1. The van der Waals surface area contributed by atoms with Crippen molar-refractivity contribution in [3.05, 3.63) is 68.9 Å². The van der Waals surface area contributed by atoms with Crippen LogP contribution in [0, 0.1) is 0 Å². The molecule has 0 spiro atoms. The summed E-state index contributed by atoms with van der Waals surface area (Å²) in [5.41, 5.74) is -2.23. The monoisotopic (exact) mass is 432 g/mol. The second-order valence-electron chi connectivity index (χ2n) is 7.02. The zero-order valence-corrected chi connectivity index (χ0v) is 16.9. The van der Waals surface area contributed by atoms with Crippen LogP contribution in [0.1, 0.15) is 16.2 Å². The number of thiophene rings is 2. The lowest BCUT2D eigenvalue weighted by molar-refractivity contribution is -0.162. The first-order chi connectivity index (χ1) is 13.9. The number of carbonyl (C=O) groups is 1. The molecule has 8 heteroatoms. The molecule has 0 saturated heterocycles. The lowest BCUT2D eigenvalue weighted by Gasteiger charge is -2.38. The fraction of sp³-hybridized carbons (Fsp3) is 0.286. The summed E-state index contributed by atoms with van der Waals surface area (Å²) in [4.78, 5) is 13.6. The summed E-state index contributed by atoms with van der Waals surface area (Å²) in [6.45, 7) is 0.0993. The fourth-order valence-electron chi connectivity index (χ4n) is 3.56. The van der Waals surface area contributed by atoms with Crippen LogP contribution in [0.3, 0.4) is 0 Å². The molecule has 1 aliphatic rings. The first kappa shape index (κ1) is 20.1. The lowest BCUT2D eigenvalue weighted by Crippen LogP contribution is -2.52. The summed E-state index contributed by atoms with van der Waals surface area (Å²) in [6, 6.07) is 13.5. The highest BCUT2D eigenvalue weighted by Gasteiger charge is 2.50. The lowest BCUT2D eigenvalue weighted by atomic mass is 9.77. The van der Waals surface area contributed by atoms with Crippen LogP contribution in [0.5, 0.6) is 0 Å². The van der Waals surface area contributed by atoms with Crippen LogP contribution < -0.4 is 0 Å². The Morgan fingerprint density at radius 2 is 1.97 bits per heavy atom. The highest BCUT2D eigenvalue weighted by atomic mass is 32.1. The first-order valence-electron chi connectivity index (χ1n) is 9.06. The number of carboxylic acids is 1. The number of benzene rings is 1. The van der Waals surface area contributed by atoms with Crippen molar-refractivity contribution < 1.29 is 30.0 Å². The topological polar surface area (TPSA) is 107 Å². The molecule has 3 atom stereocenters. The number of aliphatic hydroxyl groups excluding tert-OH is 2. The van der Waals surface area contributed by atoms with E-state index in [1.807, 2.05) is 47.8 Å². The Labute approximate surface area is 174 Å². The molecule has 29 heavy (non-hydrogen) atoms. The van der Waals surface area contributed by atoms with Crippen molar-refractivity contribution in [2.24, 2.45) is 0 Å². The Hall–Kier alpha value is -2.23. The fourth-order valence-corrected chi connectivity index (χ4v) is 5.26. The van der Waals surface area contributed by atoms with Gasteiger partial charge < -0.3 is 25.2 Å². The third-order valence-electron chi connectivity index (χ3n) is 5.07. The molecule has 152 valence electrons. The number of aliphatic hydroxyl groups is 3. The standard InChI is InChI=1S/C21H20O6S2/c22-16-10-21(26,20(24)25)15(9-13-5-3-7-28-13)19(18(16)23)27-11-14-8-12-4-1-2-6-17(12)29-14/h1-8,16,18,22-23,26H,9-11H2,(H,24,25)/t16-,18+,21-/m1/s1. The molecule has 4 rings (SSSR count). The molecule has 2 aromatic heterocycles. The summed E-state index contributed by atoms with van der Waals surface area (Å²) in [5, 5.41) is 44.2. The second-order valence-corrected chi connectivity index (χ2v) is 9.22. The molecule has 0 radical (unpaired) electrons. The molecule has 0 bridgehead atoms. The van der Waals surface area contributed by atoms with Crippen molar-refractivity contribution in [1.82, 2.24) is 0 Å². The van der Waals surface area contributed by atoms with Crippen LogP contribution in [0.4, 0.5) is 0 Å². The second kappa shape index (κ2) is 7.89. The maximum absolute atomic E-state index is 11.9. The summed E-state index contributed by atoms with van der Waals surface area (Å²) in [5.74, 6) is -1.54. The molecule has 2 heterocycles. The third-order valence-corrected chi connectivity index (χ3v) is 7.03. The SMILES string of the molecule is O=C(O)[C@@]1(O)C[C@@H](O)[C@H](O)C(OCc2cc3ccccc3s2)=C1Cc1cccs1. The molecule has 3 aromatic rings.